The number of rotatable bonds is 4. The third-order valence-corrected chi connectivity index (χ3v) is 3.36. The summed E-state index contributed by atoms with van der Waals surface area (Å²) in [6, 6.07) is 4.45. The fourth-order valence-electron chi connectivity index (χ4n) is 2.41. The van der Waals surface area contributed by atoms with Gasteiger partial charge in [0, 0.05) is 30.4 Å². The highest BCUT2D eigenvalue weighted by Crippen LogP contribution is 2.23. The molecule has 1 aliphatic rings. The number of pyridine rings is 1. The first kappa shape index (κ1) is 14.6. The molecular formula is C15H25N5. The van der Waals surface area contributed by atoms with Crippen molar-refractivity contribution in [2.24, 2.45) is 10.7 Å². The molecule has 1 aliphatic heterocycles. The van der Waals surface area contributed by atoms with Gasteiger partial charge in [-0.05, 0) is 39.7 Å². The number of hydrogen-bond acceptors (Lipinski definition) is 3. The van der Waals surface area contributed by atoms with Gasteiger partial charge in [-0.2, -0.15) is 0 Å². The van der Waals surface area contributed by atoms with Gasteiger partial charge < -0.3 is 16.0 Å². The predicted octanol–water partition coefficient (Wildman–Crippen LogP) is 1.80. The number of nitrogens with two attached hydrogens (primary N) is 1. The molecular weight excluding hydrogens is 250 g/mol. The molecule has 0 atom stereocenters. The molecule has 5 nitrogen and oxygen atoms in total. The van der Waals surface area contributed by atoms with Crippen LogP contribution in [0.2, 0.25) is 0 Å². The van der Waals surface area contributed by atoms with E-state index in [4.69, 9.17) is 5.73 Å². The summed E-state index contributed by atoms with van der Waals surface area (Å²) < 4.78 is 0. The van der Waals surface area contributed by atoms with Gasteiger partial charge in [-0.15, -0.1) is 0 Å². The van der Waals surface area contributed by atoms with E-state index in [9.17, 15) is 0 Å². The lowest BCUT2D eigenvalue weighted by molar-refractivity contribution is 0.723. The van der Waals surface area contributed by atoms with Gasteiger partial charge in [0.2, 0.25) is 0 Å². The molecule has 3 N–H and O–H groups in total. The lowest BCUT2D eigenvalue weighted by atomic mass is 10.2. The van der Waals surface area contributed by atoms with Gasteiger partial charge in [-0.25, -0.2) is 9.98 Å². The van der Waals surface area contributed by atoms with Crippen LogP contribution in [0.3, 0.4) is 0 Å². The van der Waals surface area contributed by atoms with Gasteiger partial charge >= 0.3 is 0 Å². The molecule has 2 rings (SSSR count). The van der Waals surface area contributed by atoms with Crippen LogP contribution in [-0.2, 0) is 6.54 Å². The Kier molecular flexibility index (Phi) is 4.82. The molecule has 0 spiro atoms. The second kappa shape index (κ2) is 6.59. The highest BCUT2D eigenvalue weighted by Gasteiger charge is 2.17. The number of nitrogens with zero attached hydrogens (tertiary/aromatic N) is 3. The van der Waals surface area contributed by atoms with E-state index in [2.05, 4.69) is 26.3 Å². The Hall–Kier alpha value is -1.78. The van der Waals surface area contributed by atoms with E-state index in [-0.39, 0.29) is 0 Å². The molecule has 0 aliphatic carbocycles. The van der Waals surface area contributed by atoms with Crippen molar-refractivity contribution in [1.29, 1.82) is 0 Å². The first-order valence-corrected chi connectivity index (χ1v) is 7.34. The van der Waals surface area contributed by atoms with Crippen molar-refractivity contribution in [1.82, 2.24) is 10.3 Å². The number of anilines is 1. The number of aliphatic imine (C=N–C) groups is 1. The van der Waals surface area contributed by atoms with Gasteiger partial charge in [0.25, 0.3) is 0 Å². The van der Waals surface area contributed by atoms with Crippen molar-refractivity contribution in [3.8, 4) is 0 Å². The Balaban J connectivity index is 2.14. The Bertz CT molecular complexity index is 475. The summed E-state index contributed by atoms with van der Waals surface area (Å²) in [6.45, 7) is 8.88. The first-order chi connectivity index (χ1) is 9.56. The minimum atomic E-state index is 0.299. The van der Waals surface area contributed by atoms with Crippen LogP contribution >= 0.6 is 0 Å². The second-order valence-electron chi connectivity index (χ2n) is 5.63. The molecule has 0 unspecified atom stereocenters. The third kappa shape index (κ3) is 3.85. The average Bonchev–Trinajstić information content (AvgIpc) is 2.90. The zero-order valence-electron chi connectivity index (χ0n) is 12.7. The van der Waals surface area contributed by atoms with Crippen molar-refractivity contribution in [2.75, 3.05) is 18.0 Å². The SMILES string of the molecule is Cc1ccc(CN=C(N)NC(C)C)c(N2CCCC2)n1. The van der Waals surface area contributed by atoms with E-state index >= 15 is 0 Å². The lowest BCUT2D eigenvalue weighted by Gasteiger charge is -2.20. The number of aryl methyl sites for hydroxylation is 1. The predicted molar refractivity (Wildman–Crippen MR) is 84.0 cm³/mol. The lowest BCUT2D eigenvalue weighted by Crippen LogP contribution is -2.36. The van der Waals surface area contributed by atoms with Gasteiger partial charge in [-0.1, -0.05) is 6.07 Å². The van der Waals surface area contributed by atoms with Crippen molar-refractivity contribution in [3.05, 3.63) is 23.4 Å². The second-order valence-corrected chi connectivity index (χ2v) is 5.63. The Labute approximate surface area is 121 Å². The molecule has 1 fully saturated rings. The van der Waals surface area contributed by atoms with Crippen molar-refractivity contribution in [3.63, 3.8) is 0 Å². The monoisotopic (exact) mass is 275 g/mol. The smallest absolute Gasteiger partial charge is 0.189 e. The van der Waals surface area contributed by atoms with Crippen LogP contribution in [0, 0.1) is 6.92 Å². The van der Waals surface area contributed by atoms with Crippen LogP contribution < -0.4 is 16.0 Å². The summed E-state index contributed by atoms with van der Waals surface area (Å²) >= 11 is 0. The van der Waals surface area contributed by atoms with E-state index < -0.39 is 0 Å². The molecule has 1 aromatic heterocycles. The van der Waals surface area contributed by atoms with Crippen LogP contribution in [0.25, 0.3) is 0 Å². The van der Waals surface area contributed by atoms with Gasteiger partial charge in [-0.3, -0.25) is 0 Å². The molecule has 0 saturated carbocycles. The first-order valence-electron chi connectivity index (χ1n) is 7.34. The molecule has 0 bridgehead atoms. The maximum atomic E-state index is 5.86. The van der Waals surface area contributed by atoms with E-state index in [1.54, 1.807) is 0 Å². The summed E-state index contributed by atoms with van der Waals surface area (Å²) in [6.07, 6.45) is 2.49. The summed E-state index contributed by atoms with van der Waals surface area (Å²) in [4.78, 5) is 11.5. The van der Waals surface area contributed by atoms with Crippen LogP contribution in [0.5, 0.6) is 0 Å². The maximum Gasteiger partial charge on any atom is 0.189 e. The minimum absolute atomic E-state index is 0.299. The standard InChI is InChI=1S/C15H25N5/c1-11(2)18-15(16)17-10-13-7-6-12(3)19-14(13)20-8-4-5-9-20/h6-7,11H,4-5,8-10H2,1-3H3,(H3,16,17,18). The van der Waals surface area contributed by atoms with E-state index in [1.165, 1.54) is 12.8 Å². The fourth-order valence-corrected chi connectivity index (χ4v) is 2.41. The zero-order valence-corrected chi connectivity index (χ0v) is 12.7. The van der Waals surface area contributed by atoms with E-state index in [0.29, 0.717) is 18.5 Å². The van der Waals surface area contributed by atoms with E-state index in [0.717, 1.165) is 30.2 Å². The van der Waals surface area contributed by atoms with E-state index in [1.807, 2.05) is 26.8 Å². The zero-order chi connectivity index (χ0) is 14.5. The normalized spacial score (nSPS) is 16.0. The van der Waals surface area contributed by atoms with Crippen molar-refractivity contribution < 1.29 is 0 Å². The number of aromatic nitrogens is 1. The van der Waals surface area contributed by atoms with Crippen LogP contribution in [0.15, 0.2) is 17.1 Å². The quantitative estimate of drug-likeness (QED) is 0.649. The van der Waals surface area contributed by atoms with Gasteiger partial charge in [0.15, 0.2) is 5.96 Å². The van der Waals surface area contributed by atoms with Crippen molar-refractivity contribution >= 4 is 11.8 Å². The maximum absolute atomic E-state index is 5.86. The highest BCUT2D eigenvalue weighted by molar-refractivity contribution is 5.78. The molecule has 1 aromatic rings. The third-order valence-electron chi connectivity index (χ3n) is 3.36. The molecule has 0 radical (unpaired) electrons. The number of nitrogens with one attached hydrogen (secondary N) is 1. The summed E-state index contributed by atoms with van der Waals surface area (Å²) in [5.41, 5.74) is 8.05. The Morgan fingerprint density at radius 3 is 2.75 bits per heavy atom. The summed E-state index contributed by atoms with van der Waals surface area (Å²) in [5, 5.41) is 3.11. The molecule has 5 heteroatoms. The highest BCUT2D eigenvalue weighted by atomic mass is 15.2. The Morgan fingerprint density at radius 1 is 1.40 bits per heavy atom. The molecule has 1 saturated heterocycles. The number of guanidine groups is 1. The average molecular weight is 275 g/mol. The van der Waals surface area contributed by atoms with Crippen LogP contribution in [0.4, 0.5) is 5.82 Å². The largest absolute Gasteiger partial charge is 0.370 e. The Morgan fingerprint density at radius 2 is 2.10 bits per heavy atom. The summed E-state index contributed by atoms with van der Waals surface area (Å²) in [5.74, 6) is 1.57. The van der Waals surface area contributed by atoms with Gasteiger partial charge in [0.1, 0.15) is 5.82 Å². The number of hydrogen-bond donors (Lipinski definition) is 2. The van der Waals surface area contributed by atoms with Crippen molar-refractivity contribution in [2.45, 2.75) is 46.2 Å². The van der Waals surface area contributed by atoms with Crippen LogP contribution in [0.1, 0.15) is 37.9 Å². The molecule has 20 heavy (non-hydrogen) atoms. The minimum Gasteiger partial charge on any atom is -0.370 e. The molecule has 0 aromatic carbocycles. The topological polar surface area (TPSA) is 66.5 Å². The molecule has 110 valence electrons. The van der Waals surface area contributed by atoms with Gasteiger partial charge in [0.05, 0.1) is 6.54 Å². The molecule has 2 heterocycles. The summed E-state index contributed by atoms with van der Waals surface area (Å²) in [7, 11) is 0. The van der Waals surface area contributed by atoms with Crippen LogP contribution in [-0.4, -0.2) is 30.1 Å². The molecule has 0 amide bonds. The fraction of sp³-hybridized carbons (Fsp3) is 0.600.